The number of hydrogen-bond acceptors (Lipinski definition) is 6. The zero-order valence-electron chi connectivity index (χ0n) is 21.1. The number of sulfonamides is 1. The smallest absolute Gasteiger partial charge is 0.218 e. The molecule has 2 aliphatic carbocycles. The van der Waals surface area contributed by atoms with Gasteiger partial charge in [-0.3, -0.25) is 9.69 Å². The Bertz CT molecular complexity index is 1300. The Balaban J connectivity index is 1.41. The van der Waals surface area contributed by atoms with Crippen molar-refractivity contribution in [2.45, 2.75) is 62.0 Å². The molecule has 2 aromatic carbocycles. The van der Waals surface area contributed by atoms with E-state index in [1.54, 1.807) is 25.4 Å². The fourth-order valence-corrected chi connectivity index (χ4v) is 9.14. The quantitative estimate of drug-likeness (QED) is 0.570. The van der Waals surface area contributed by atoms with Crippen LogP contribution < -0.4 is 9.47 Å². The Hall–Kier alpha value is -2.42. The molecule has 5 atom stereocenters. The zero-order chi connectivity index (χ0) is 25.2. The summed E-state index contributed by atoms with van der Waals surface area (Å²) in [6.07, 6.45) is 3.10. The van der Waals surface area contributed by atoms with Crippen LogP contribution in [0.5, 0.6) is 11.5 Å². The van der Waals surface area contributed by atoms with Crippen molar-refractivity contribution >= 4 is 15.8 Å². The monoisotopic (exact) mass is 510 g/mol. The molecule has 7 nitrogen and oxygen atoms in total. The van der Waals surface area contributed by atoms with Crippen LogP contribution in [0.25, 0.3) is 0 Å². The normalized spacial score (nSPS) is 30.6. The number of piperidine rings is 1. The standard InChI is InChI=1S/C28H34N2O5S/c1-18(31)16-30-14-13-28-21-10-11-22(29(2)36(32,33)17-19-7-5-4-6-8-19)27(28)35-26-24(34-3)12-9-20(25(26)28)15-23(21)30/h4-9,12,21-23,27H,10-11,13-17H2,1-3H3/t21-,22+,23+,27-,28-/m0/s1. The molecule has 2 fully saturated rings. The summed E-state index contributed by atoms with van der Waals surface area (Å²) in [5.74, 6) is 1.99. The van der Waals surface area contributed by atoms with Crippen molar-refractivity contribution in [2.24, 2.45) is 5.92 Å². The predicted octanol–water partition coefficient (Wildman–Crippen LogP) is 3.15. The van der Waals surface area contributed by atoms with Crippen molar-refractivity contribution in [2.75, 3.05) is 27.2 Å². The van der Waals surface area contributed by atoms with Crippen LogP contribution in [0.1, 0.15) is 42.9 Å². The summed E-state index contributed by atoms with van der Waals surface area (Å²) in [4.78, 5) is 14.4. The number of hydrogen-bond donors (Lipinski definition) is 0. The lowest BCUT2D eigenvalue weighted by Gasteiger charge is -2.60. The van der Waals surface area contributed by atoms with Gasteiger partial charge in [-0.2, -0.15) is 4.31 Å². The largest absolute Gasteiger partial charge is 0.493 e. The van der Waals surface area contributed by atoms with Crippen molar-refractivity contribution in [1.82, 2.24) is 9.21 Å². The second-order valence-electron chi connectivity index (χ2n) is 10.9. The van der Waals surface area contributed by atoms with Gasteiger partial charge in [0, 0.05) is 24.1 Å². The Kier molecular flexibility index (Phi) is 5.70. The molecule has 1 saturated heterocycles. The van der Waals surface area contributed by atoms with E-state index in [9.17, 15) is 13.2 Å². The van der Waals surface area contributed by atoms with Crippen molar-refractivity contribution in [3.05, 3.63) is 59.2 Å². The van der Waals surface area contributed by atoms with E-state index < -0.39 is 10.0 Å². The molecular formula is C28H34N2O5S. The molecule has 0 amide bonds. The highest BCUT2D eigenvalue weighted by Gasteiger charge is 2.66. The molecule has 0 radical (unpaired) electrons. The molecule has 4 aliphatic rings. The molecule has 2 heterocycles. The molecule has 6 rings (SSSR count). The van der Waals surface area contributed by atoms with Gasteiger partial charge >= 0.3 is 0 Å². The van der Waals surface area contributed by atoms with Gasteiger partial charge in [0.05, 0.1) is 25.4 Å². The third-order valence-corrected chi connectivity index (χ3v) is 11.0. The van der Waals surface area contributed by atoms with E-state index in [-0.39, 0.29) is 35.1 Å². The predicted molar refractivity (Wildman–Crippen MR) is 137 cm³/mol. The maximum Gasteiger partial charge on any atom is 0.218 e. The number of ether oxygens (including phenoxy) is 2. The van der Waals surface area contributed by atoms with Gasteiger partial charge in [-0.15, -0.1) is 0 Å². The number of rotatable bonds is 7. The number of likely N-dealkylation sites (tertiary alicyclic amines) is 1. The first-order chi connectivity index (χ1) is 17.3. The van der Waals surface area contributed by atoms with E-state index in [1.165, 1.54) is 11.1 Å². The van der Waals surface area contributed by atoms with E-state index in [0.717, 1.165) is 49.3 Å². The minimum atomic E-state index is -3.55. The molecule has 1 spiro atoms. The SMILES string of the molecule is COc1ccc2c3c1O[C@H]1[C@H](N(C)S(=O)(=O)Cc4ccccc4)CC[C@H]4[C@@H](C2)N(CC(C)=O)CC[C@@]341. The van der Waals surface area contributed by atoms with E-state index >= 15 is 0 Å². The van der Waals surface area contributed by atoms with Crippen LogP contribution in [-0.4, -0.2) is 68.8 Å². The van der Waals surface area contributed by atoms with Crippen LogP contribution in [0.2, 0.25) is 0 Å². The number of likely N-dealkylation sites (N-methyl/N-ethyl adjacent to an activating group) is 1. The van der Waals surface area contributed by atoms with Crippen LogP contribution in [0.4, 0.5) is 0 Å². The summed E-state index contributed by atoms with van der Waals surface area (Å²) in [7, 11) is -0.176. The molecular weight excluding hydrogens is 476 g/mol. The summed E-state index contributed by atoms with van der Waals surface area (Å²) in [5, 5.41) is 0. The van der Waals surface area contributed by atoms with Gasteiger partial charge in [0.1, 0.15) is 11.9 Å². The highest BCUT2D eigenvalue weighted by atomic mass is 32.2. The molecule has 0 N–H and O–H groups in total. The van der Waals surface area contributed by atoms with E-state index in [4.69, 9.17) is 9.47 Å². The van der Waals surface area contributed by atoms with Crippen LogP contribution in [0.3, 0.4) is 0 Å². The molecule has 2 aliphatic heterocycles. The van der Waals surface area contributed by atoms with Gasteiger partial charge in [0.15, 0.2) is 11.5 Å². The topological polar surface area (TPSA) is 76.2 Å². The lowest BCUT2D eigenvalue weighted by atomic mass is 9.51. The van der Waals surface area contributed by atoms with Crippen LogP contribution in [-0.2, 0) is 32.4 Å². The summed E-state index contributed by atoms with van der Waals surface area (Å²) in [6, 6.07) is 13.5. The van der Waals surface area contributed by atoms with Gasteiger partial charge in [-0.25, -0.2) is 8.42 Å². The molecule has 0 aromatic heterocycles. The average molecular weight is 511 g/mol. The summed E-state index contributed by atoms with van der Waals surface area (Å²) in [5.41, 5.74) is 2.99. The fraction of sp³-hybridized carbons (Fsp3) is 0.536. The third-order valence-electron chi connectivity index (χ3n) is 9.13. The fourth-order valence-electron chi connectivity index (χ4n) is 7.70. The maximum absolute atomic E-state index is 13.6. The molecule has 36 heavy (non-hydrogen) atoms. The van der Waals surface area contributed by atoms with Crippen molar-refractivity contribution < 1.29 is 22.7 Å². The van der Waals surface area contributed by atoms with Crippen molar-refractivity contribution in [1.29, 1.82) is 0 Å². The molecule has 2 bridgehead atoms. The van der Waals surface area contributed by atoms with Crippen molar-refractivity contribution in [3.63, 3.8) is 0 Å². The molecule has 192 valence electrons. The number of ketones is 1. The van der Waals surface area contributed by atoms with E-state index in [2.05, 4.69) is 11.0 Å². The third kappa shape index (κ3) is 3.45. The lowest BCUT2D eigenvalue weighted by molar-refractivity contribution is -0.122. The van der Waals surface area contributed by atoms with Crippen LogP contribution in [0.15, 0.2) is 42.5 Å². The average Bonchev–Trinajstić information content (AvgIpc) is 3.20. The lowest BCUT2D eigenvalue weighted by Crippen LogP contribution is -2.69. The molecule has 0 unspecified atom stereocenters. The number of Topliss-reactive ketones (excluding diaryl/α,β-unsaturated/α-hetero) is 1. The first-order valence-electron chi connectivity index (χ1n) is 12.9. The summed E-state index contributed by atoms with van der Waals surface area (Å²) in [6.45, 7) is 2.94. The summed E-state index contributed by atoms with van der Waals surface area (Å²) < 4.78 is 41.3. The van der Waals surface area contributed by atoms with E-state index in [0.29, 0.717) is 12.5 Å². The molecule has 2 aromatic rings. The molecule has 1 saturated carbocycles. The first-order valence-corrected chi connectivity index (χ1v) is 14.5. The van der Waals surface area contributed by atoms with Gasteiger partial charge in [0.2, 0.25) is 10.0 Å². The second-order valence-corrected chi connectivity index (χ2v) is 12.9. The Morgan fingerprint density at radius 1 is 1.19 bits per heavy atom. The van der Waals surface area contributed by atoms with Crippen molar-refractivity contribution in [3.8, 4) is 11.5 Å². The number of benzene rings is 2. The molecule has 8 heteroatoms. The maximum atomic E-state index is 13.6. The second kappa shape index (κ2) is 8.57. The summed E-state index contributed by atoms with van der Waals surface area (Å²) >= 11 is 0. The van der Waals surface area contributed by atoms with E-state index in [1.807, 2.05) is 36.4 Å². The van der Waals surface area contributed by atoms with Gasteiger partial charge in [-0.05, 0) is 62.3 Å². The Morgan fingerprint density at radius 3 is 2.69 bits per heavy atom. The number of nitrogens with zero attached hydrogens (tertiary/aromatic N) is 2. The zero-order valence-corrected chi connectivity index (χ0v) is 22.0. The van der Waals surface area contributed by atoms with Gasteiger partial charge in [0.25, 0.3) is 0 Å². The number of methoxy groups -OCH3 is 1. The number of carbonyl (C=O) groups is 1. The van der Waals surface area contributed by atoms with Crippen LogP contribution in [0, 0.1) is 5.92 Å². The minimum absolute atomic E-state index is 0.0273. The Labute approximate surface area is 213 Å². The van der Waals surface area contributed by atoms with Crippen LogP contribution >= 0.6 is 0 Å². The minimum Gasteiger partial charge on any atom is -0.493 e. The number of carbonyl (C=O) groups excluding carboxylic acids is 1. The van der Waals surface area contributed by atoms with Gasteiger partial charge in [-0.1, -0.05) is 36.4 Å². The highest BCUT2D eigenvalue weighted by Crippen LogP contribution is 2.64. The highest BCUT2D eigenvalue weighted by molar-refractivity contribution is 7.88. The Morgan fingerprint density at radius 2 is 1.97 bits per heavy atom. The first kappa shape index (κ1) is 23.9. The van der Waals surface area contributed by atoms with Gasteiger partial charge < -0.3 is 9.47 Å².